The summed E-state index contributed by atoms with van der Waals surface area (Å²) in [7, 11) is -7.60. The Labute approximate surface area is 252 Å². The minimum atomic E-state index is -3.86. The van der Waals surface area contributed by atoms with Crippen LogP contribution in [0.1, 0.15) is 44.1 Å². The predicted octanol–water partition coefficient (Wildman–Crippen LogP) is 6.01. The molecule has 3 aromatic carbocycles. The summed E-state index contributed by atoms with van der Waals surface area (Å²) in [5.41, 5.74) is 2.63. The number of carbonyl (C=O) groups is 1. The Bertz CT molecular complexity index is 1660. The minimum Gasteiger partial charge on any atom is -0.325 e. The lowest BCUT2D eigenvalue weighted by molar-refractivity contribution is -0.114. The van der Waals surface area contributed by atoms with E-state index in [1.807, 2.05) is 12.1 Å². The molecule has 4 saturated carbocycles. The lowest BCUT2D eigenvalue weighted by atomic mass is 9.48. The standard InChI is InChI=1S/C31H34ClN3O5S2/c1-41(37,38)35(28-10-2-24(3-11-28)31-17-21-14-22(18-31)16-23(15-21)19-31)20-30(36)33-26-8-12-29(13-9-26)42(39,40)34-27-6-4-25(32)5-7-27/h2-13,21-23,34H,14-20H2,1H3,(H,33,36). The van der Waals surface area contributed by atoms with Crippen molar-refractivity contribution < 1.29 is 21.6 Å². The van der Waals surface area contributed by atoms with Crippen LogP contribution in [-0.2, 0) is 30.3 Å². The number of nitrogens with zero attached hydrogens (tertiary/aromatic N) is 1. The van der Waals surface area contributed by atoms with Crippen LogP contribution >= 0.6 is 11.6 Å². The number of hydrogen-bond acceptors (Lipinski definition) is 5. The van der Waals surface area contributed by atoms with Gasteiger partial charge in [0.25, 0.3) is 10.0 Å². The number of nitrogens with one attached hydrogen (secondary N) is 2. The highest BCUT2D eigenvalue weighted by Gasteiger charge is 2.51. The van der Waals surface area contributed by atoms with Gasteiger partial charge in [-0.25, -0.2) is 16.8 Å². The van der Waals surface area contributed by atoms with Gasteiger partial charge in [-0.15, -0.1) is 0 Å². The van der Waals surface area contributed by atoms with Crippen LogP contribution in [0.2, 0.25) is 5.02 Å². The van der Waals surface area contributed by atoms with Gasteiger partial charge in [-0.3, -0.25) is 13.8 Å². The maximum atomic E-state index is 12.9. The van der Waals surface area contributed by atoms with Crippen molar-refractivity contribution in [1.82, 2.24) is 0 Å². The highest BCUT2D eigenvalue weighted by atomic mass is 35.5. The zero-order valence-corrected chi connectivity index (χ0v) is 25.7. The zero-order chi connectivity index (χ0) is 29.7. The second kappa shape index (κ2) is 10.9. The van der Waals surface area contributed by atoms with E-state index in [9.17, 15) is 21.6 Å². The Morgan fingerprint density at radius 2 is 1.33 bits per heavy atom. The molecule has 0 unspecified atom stereocenters. The first-order valence-corrected chi connectivity index (χ1v) is 17.9. The van der Waals surface area contributed by atoms with Crippen LogP contribution in [0, 0.1) is 17.8 Å². The van der Waals surface area contributed by atoms with E-state index in [1.54, 1.807) is 24.3 Å². The Morgan fingerprint density at radius 3 is 1.86 bits per heavy atom. The van der Waals surface area contributed by atoms with Crippen LogP contribution < -0.4 is 14.3 Å². The monoisotopic (exact) mass is 627 g/mol. The minimum absolute atomic E-state index is 0.00678. The second-order valence-corrected chi connectivity index (χ2v) is 16.2. The maximum absolute atomic E-state index is 12.9. The lowest BCUT2D eigenvalue weighted by Gasteiger charge is -2.57. The molecule has 0 radical (unpaired) electrons. The molecule has 0 aromatic heterocycles. The number of hydrogen-bond donors (Lipinski definition) is 2. The topological polar surface area (TPSA) is 113 Å². The molecule has 11 heteroatoms. The smallest absolute Gasteiger partial charge is 0.261 e. The molecule has 0 heterocycles. The van der Waals surface area contributed by atoms with Gasteiger partial charge in [-0.05, 0) is 128 Å². The molecule has 222 valence electrons. The van der Waals surface area contributed by atoms with Crippen LogP contribution in [0.4, 0.5) is 17.1 Å². The molecule has 4 aliphatic rings. The molecule has 4 bridgehead atoms. The van der Waals surface area contributed by atoms with Gasteiger partial charge in [-0.2, -0.15) is 0 Å². The molecule has 7 rings (SSSR count). The van der Waals surface area contributed by atoms with E-state index in [4.69, 9.17) is 11.6 Å². The number of halogens is 1. The van der Waals surface area contributed by atoms with Crippen molar-refractivity contribution in [3.05, 3.63) is 83.4 Å². The van der Waals surface area contributed by atoms with Crippen molar-refractivity contribution in [1.29, 1.82) is 0 Å². The van der Waals surface area contributed by atoms with E-state index in [-0.39, 0.29) is 10.3 Å². The average Bonchev–Trinajstić information content (AvgIpc) is 2.92. The Hall–Kier alpha value is -3.08. The summed E-state index contributed by atoms with van der Waals surface area (Å²) < 4.78 is 54.5. The molecule has 0 atom stereocenters. The normalized spacial score (nSPS) is 24.8. The number of amides is 1. The summed E-state index contributed by atoms with van der Waals surface area (Å²) in [5.74, 6) is 1.88. The van der Waals surface area contributed by atoms with Gasteiger partial charge in [0.15, 0.2) is 0 Å². The van der Waals surface area contributed by atoms with Crippen LogP contribution in [0.15, 0.2) is 77.7 Å². The fourth-order valence-electron chi connectivity index (χ4n) is 7.63. The third-order valence-corrected chi connectivity index (χ3v) is 11.8. The van der Waals surface area contributed by atoms with Gasteiger partial charge in [0.2, 0.25) is 15.9 Å². The second-order valence-electron chi connectivity index (χ2n) is 12.2. The lowest BCUT2D eigenvalue weighted by Crippen LogP contribution is -2.48. The van der Waals surface area contributed by atoms with E-state index < -0.39 is 32.5 Å². The fraction of sp³-hybridized carbons (Fsp3) is 0.387. The number of benzene rings is 3. The van der Waals surface area contributed by atoms with Gasteiger partial charge in [0.05, 0.1) is 16.8 Å². The largest absolute Gasteiger partial charge is 0.325 e. The third kappa shape index (κ3) is 6.02. The summed E-state index contributed by atoms with van der Waals surface area (Å²) in [4.78, 5) is 12.9. The third-order valence-electron chi connectivity index (χ3n) is 9.04. The van der Waals surface area contributed by atoms with Crippen molar-refractivity contribution in [3.63, 3.8) is 0 Å². The molecule has 4 aliphatic carbocycles. The highest BCUT2D eigenvalue weighted by Crippen LogP contribution is 2.60. The van der Waals surface area contributed by atoms with Gasteiger partial charge in [-0.1, -0.05) is 23.7 Å². The predicted molar refractivity (Wildman–Crippen MR) is 166 cm³/mol. The summed E-state index contributed by atoms with van der Waals surface area (Å²) in [6, 6.07) is 19.6. The molecule has 0 aliphatic heterocycles. The number of anilines is 3. The van der Waals surface area contributed by atoms with E-state index >= 15 is 0 Å². The molecule has 0 spiro atoms. The summed E-state index contributed by atoms with van der Waals surface area (Å²) >= 11 is 5.86. The molecule has 0 saturated heterocycles. The average molecular weight is 628 g/mol. The van der Waals surface area contributed by atoms with E-state index in [1.165, 1.54) is 68.4 Å². The van der Waals surface area contributed by atoms with Crippen LogP contribution in [0.5, 0.6) is 0 Å². The van der Waals surface area contributed by atoms with Crippen molar-refractivity contribution in [2.75, 3.05) is 27.1 Å². The maximum Gasteiger partial charge on any atom is 0.261 e. The summed E-state index contributed by atoms with van der Waals surface area (Å²) in [6.07, 6.45) is 8.80. The molecule has 1 amide bonds. The molecule has 3 aromatic rings. The SMILES string of the molecule is CS(=O)(=O)N(CC(=O)Nc1ccc(S(=O)(=O)Nc2ccc(Cl)cc2)cc1)c1ccc(C23CC4CC(CC(C4)C2)C3)cc1. The van der Waals surface area contributed by atoms with Gasteiger partial charge in [0.1, 0.15) is 6.54 Å². The summed E-state index contributed by atoms with van der Waals surface area (Å²) in [6.45, 7) is -0.409. The first-order chi connectivity index (χ1) is 19.9. The molecular formula is C31H34ClN3O5S2. The Morgan fingerprint density at radius 1 is 0.810 bits per heavy atom. The number of rotatable bonds is 9. The van der Waals surface area contributed by atoms with Crippen molar-refractivity contribution >= 4 is 54.6 Å². The first-order valence-electron chi connectivity index (χ1n) is 14.2. The number of sulfonamides is 2. The van der Waals surface area contributed by atoms with Gasteiger partial charge < -0.3 is 5.32 Å². The Kier molecular flexibility index (Phi) is 7.52. The van der Waals surface area contributed by atoms with Crippen molar-refractivity contribution in [3.8, 4) is 0 Å². The molecule has 8 nitrogen and oxygen atoms in total. The van der Waals surface area contributed by atoms with Crippen LogP contribution in [0.25, 0.3) is 0 Å². The van der Waals surface area contributed by atoms with Crippen LogP contribution in [-0.4, -0.2) is 35.5 Å². The fourth-order valence-corrected chi connectivity index (χ4v) is 9.67. The van der Waals surface area contributed by atoms with Gasteiger partial charge in [0, 0.05) is 16.4 Å². The van der Waals surface area contributed by atoms with Crippen molar-refractivity contribution in [2.45, 2.75) is 48.8 Å². The molecule has 4 fully saturated rings. The van der Waals surface area contributed by atoms with E-state index in [0.717, 1.165) is 28.3 Å². The molecular weight excluding hydrogens is 594 g/mol. The van der Waals surface area contributed by atoms with Crippen LogP contribution in [0.3, 0.4) is 0 Å². The molecule has 42 heavy (non-hydrogen) atoms. The highest BCUT2D eigenvalue weighted by molar-refractivity contribution is 7.92. The quantitative estimate of drug-likeness (QED) is 0.302. The van der Waals surface area contributed by atoms with Crippen molar-refractivity contribution in [2.24, 2.45) is 17.8 Å². The first kappa shape index (κ1) is 29.0. The Balaban J connectivity index is 1.12. The number of carbonyl (C=O) groups excluding carboxylic acids is 1. The summed E-state index contributed by atoms with van der Waals surface area (Å²) in [5, 5.41) is 3.16. The molecule has 2 N–H and O–H groups in total. The van der Waals surface area contributed by atoms with E-state index in [0.29, 0.717) is 22.1 Å². The van der Waals surface area contributed by atoms with Gasteiger partial charge >= 0.3 is 0 Å². The van der Waals surface area contributed by atoms with E-state index in [2.05, 4.69) is 22.2 Å². The zero-order valence-electron chi connectivity index (χ0n) is 23.3.